The smallest absolute Gasteiger partial charge is 0.185 e. The van der Waals surface area contributed by atoms with Crippen molar-refractivity contribution in [1.29, 1.82) is 0 Å². The third kappa shape index (κ3) is 3.87. The van der Waals surface area contributed by atoms with E-state index in [2.05, 4.69) is 0 Å². The van der Waals surface area contributed by atoms with Crippen LogP contribution in [0.25, 0.3) is 0 Å². The van der Waals surface area contributed by atoms with Gasteiger partial charge in [-0.15, -0.1) is 0 Å². The quantitative estimate of drug-likeness (QED) is 0.568. The van der Waals surface area contributed by atoms with Gasteiger partial charge in [-0.05, 0) is 40.0 Å². The van der Waals surface area contributed by atoms with Crippen LogP contribution in [0.1, 0.15) is 59.3 Å². The van der Waals surface area contributed by atoms with Gasteiger partial charge in [0.1, 0.15) is 0 Å². The summed E-state index contributed by atoms with van der Waals surface area (Å²) in [7, 11) is 0. The molecule has 1 aliphatic carbocycles. The van der Waals surface area contributed by atoms with Gasteiger partial charge >= 0.3 is 0 Å². The van der Waals surface area contributed by atoms with Crippen molar-refractivity contribution >= 4 is 11.6 Å². The summed E-state index contributed by atoms with van der Waals surface area (Å²) in [6, 6.07) is 0. The average Bonchev–Trinajstić information content (AvgIpc) is 2.41. The third-order valence-electron chi connectivity index (χ3n) is 3.90. The molecule has 1 rings (SSSR count). The molecule has 0 heterocycles. The Bertz CT molecular complexity index is 427. The molecule has 19 heavy (non-hydrogen) atoms. The number of carbonyl (C=O) groups is 2. The van der Waals surface area contributed by atoms with Gasteiger partial charge in [0.25, 0.3) is 0 Å². The van der Waals surface area contributed by atoms with Crippen LogP contribution in [0.15, 0.2) is 22.3 Å². The van der Waals surface area contributed by atoms with Gasteiger partial charge < -0.3 is 5.11 Å². The number of unbranched alkanes of at least 4 members (excludes halogenated alkanes) is 4. The van der Waals surface area contributed by atoms with Gasteiger partial charge in [-0.25, -0.2) is 0 Å². The van der Waals surface area contributed by atoms with Gasteiger partial charge in [0, 0.05) is 28.9 Å². The maximum Gasteiger partial charge on any atom is 0.185 e. The lowest BCUT2D eigenvalue weighted by Crippen LogP contribution is -2.20. The van der Waals surface area contributed by atoms with E-state index in [0.29, 0.717) is 28.7 Å². The monoisotopic (exact) mass is 264 g/mol. The topological polar surface area (TPSA) is 54.4 Å². The van der Waals surface area contributed by atoms with Crippen molar-refractivity contribution in [3.8, 4) is 0 Å². The molecule has 0 aromatic carbocycles. The molecule has 0 saturated carbocycles. The standard InChI is InChI=1S/C16H24O3/c1-11-12(2)16(19)14(13(3)15(11)18)9-7-5-4-6-8-10-17/h17H,4-10H2,1-3H3. The van der Waals surface area contributed by atoms with Crippen LogP contribution in [-0.2, 0) is 9.59 Å². The first kappa shape index (κ1) is 15.8. The minimum Gasteiger partial charge on any atom is -0.396 e. The molecule has 3 heteroatoms. The molecule has 0 aromatic rings. The van der Waals surface area contributed by atoms with Crippen molar-refractivity contribution in [2.24, 2.45) is 0 Å². The Balaban J connectivity index is 2.53. The van der Waals surface area contributed by atoms with Crippen molar-refractivity contribution < 1.29 is 14.7 Å². The summed E-state index contributed by atoms with van der Waals surface area (Å²) in [5.74, 6) is 0.0670. The molecule has 0 spiro atoms. The molecule has 1 N–H and O–H groups in total. The molecule has 0 saturated heterocycles. The van der Waals surface area contributed by atoms with Crippen LogP contribution in [0.2, 0.25) is 0 Å². The SMILES string of the molecule is CC1=C(C)C(=O)C(CCCCCCCO)=C(C)C1=O. The molecule has 106 valence electrons. The second-order valence-electron chi connectivity index (χ2n) is 5.25. The Morgan fingerprint density at radius 3 is 1.89 bits per heavy atom. The van der Waals surface area contributed by atoms with Crippen LogP contribution in [0.3, 0.4) is 0 Å². The summed E-state index contributed by atoms with van der Waals surface area (Å²) < 4.78 is 0. The van der Waals surface area contributed by atoms with Gasteiger partial charge in [-0.2, -0.15) is 0 Å². The van der Waals surface area contributed by atoms with E-state index in [1.807, 2.05) is 0 Å². The number of hydrogen-bond acceptors (Lipinski definition) is 3. The molecule has 1 aliphatic rings. The van der Waals surface area contributed by atoms with Gasteiger partial charge in [-0.1, -0.05) is 19.3 Å². The third-order valence-corrected chi connectivity index (χ3v) is 3.90. The summed E-state index contributed by atoms with van der Waals surface area (Å²) in [5, 5.41) is 8.68. The van der Waals surface area contributed by atoms with Crippen LogP contribution in [0, 0.1) is 0 Å². The number of rotatable bonds is 7. The maximum absolute atomic E-state index is 12.2. The fraction of sp³-hybridized carbons (Fsp3) is 0.625. The second kappa shape index (κ2) is 7.39. The molecule has 0 unspecified atom stereocenters. The van der Waals surface area contributed by atoms with Crippen LogP contribution in [0.5, 0.6) is 0 Å². The first-order valence-corrected chi connectivity index (χ1v) is 7.08. The highest BCUT2D eigenvalue weighted by Gasteiger charge is 2.26. The lowest BCUT2D eigenvalue weighted by Gasteiger charge is -2.18. The van der Waals surface area contributed by atoms with Crippen molar-refractivity contribution in [2.75, 3.05) is 6.61 Å². The Labute approximate surface area is 115 Å². The normalized spacial score (nSPS) is 16.6. The lowest BCUT2D eigenvalue weighted by molar-refractivity contribution is -0.116. The van der Waals surface area contributed by atoms with Crippen molar-refractivity contribution in [2.45, 2.75) is 59.3 Å². The Morgan fingerprint density at radius 1 is 0.737 bits per heavy atom. The van der Waals surface area contributed by atoms with E-state index in [0.717, 1.165) is 32.1 Å². The molecule has 3 nitrogen and oxygen atoms in total. The van der Waals surface area contributed by atoms with E-state index in [9.17, 15) is 9.59 Å². The average molecular weight is 264 g/mol. The number of carbonyl (C=O) groups excluding carboxylic acids is 2. The Morgan fingerprint density at radius 2 is 1.26 bits per heavy atom. The number of allylic oxidation sites excluding steroid dienone is 4. The number of hydrogen-bond donors (Lipinski definition) is 1. The van der Waals surface area contributed by atoms with Crippen molar-refractivity contribution in [3.05, 3.63) is 22.3 Å². The van der Waals surface area contributed by atoms with Crippen LogP contribution < -0.4 is 0 Å². The minimum absolute atomic E-state index is 0.0207. The van der Waals surface area contributed by atoms with E-state index < -0.39 is 0 Å². The van der Waals surface area contributed by atoms with Crippen LogP contribution in [0.4, 0.5) is 0 Å². The van der Waals surface area contributed by atoms with E-state index in [1.54, 1.807) is 20.8 Å². The van der Waals surface area contributed by atoms with Gasteiger partial charge in [0.05, 0.1) is 0 Å². The van der Waals surface area contributed by atoms with Gasteiger partial charge in [0.15, 0.2) is 11.6 Å². The van der Waals surface area contributed by atoms with E-state index >= 15 is 0 Å². The summed E-state index contributed by atoms with van der Waals surface area (Å²) in [6.45, 7) is 5.48. The number of aliphatic hydroxyl groups is 1. The molecule has 0 fully saturated rings. The highest BCUT2D eigenvalue weighted by molar-refractivity contribution is 6.24. The van der Waals surface area contributed by atoms with Crippen LogP contribution >= 0.6 is 0 Å². The zero-order chi connectivity index (χ0) is 14.4. The van der Waals surface area contributed by atoms with E-state index in [4.69, 9.17) is 5.11 Å². The van der Waals surface area contributed by atoms with Crippen molar-refractivity contribution in [1.82, 2.24) is 0 Å². The fourth-order valence-electron chi connectivity index (χ4n) is 2.40. The highest BCUT2D eigenvalue weighted by Crippen LogP contribution is 2.27. The number of Topliss-reactive ketones (excluding diaryl/α,β-unsaturated/α-hetero) is 2. The largest absolute Gasteiger partial charge is 0.396 e. The predicted octanol–water partition coefficient (Wildman–Crippen LogP) is 3.12. The second-order valence-corrected chi connectivity index (χ2v) is 5.25. The predicted molar refractivity (Wildman–Crippen MR) is 75.9 cm³/mol. The maximum atomic E-state index is 12.2. The Kier molecular flexibility index (Phi) is 6.16. The molecule has 0 aliphatic heterocycles. The van der Waals surface area contributed by atoms with E-state index in [-0.39, 0.29) is 18.2 Å². The van der Waals surface area contributed by atoms with Crippen LogP contribution in [-0.4, -0.2) is 23.3 Å². The molecule has 0 radical (unpaired) electrons. The summed E-state index contributed by atoms with van der Waals surface area (Å²) in [6.07, 6.45) is 5.62. The molecular weight excluding hydrogens is 240 g/mol. The zero-order valence-electron chi connectivity index (χ0n) is 12.2. The molecule has 0 atom stereocenters. The lowest BCUT2D eigenvalue weighted by atomic mass is 9.84. The number of aliphatic hydroxyl groups excluding tert-OH is 1. The fourth-order valence-corrected chi connectivity index (χ4v) is 2.40. The highest BCUT2D eigenvalue weighted by atomic mass is 16.2. The molecule has 0 aromatic heterocycles. The summed E-state index contributed by atoms with van der Waals surface area (Å²) >= 11 is 0. The Hall–Kier alpha value is -1.22. The first-order valence-electron chi connectivity index (χ1n) is 7.08. The number of ketones is 2. The molecule has 0 amide bonds. The van der Waals surface area contributed by atoms with E-state index in [1.165, 1.54) is 0 Å². The van der Waals surface area contributed by atoms with Gasteiger partial charge in [-0.3, -0.25) is 9.59 Å². The molecular formula is C16H24O3. The first-order chi connectivity index (χ1) is 9.00. The molecule has 0 bridgehead atoms. The zero-order valence-corrected chi connectivity index (χ0v) is 12.2. The van der Waals surface area contributed by atoms with Gasteiger partial charge in [0.2, 0.25) is 0 Å². The summed E-state index contributed by atoms with van der Waals surface area (Å²) in [4.78, 5) is 24.1. The van der Waals surface area contributed by atoms with Crippen molar-refractivity contribution in [3.63, 3.8) is 0 Å². The minimum atomic E-state index is 0.0207. The summed E-state index contributed by atoms with van der Waals surface area (Å²) in [5.41, 5.74) is 2.53.